The lowest BCUT2D eigenvalue weighted by Gasteiger charge is -2.10. The lowest BCUT2D eigenvalue weighted by molar-refractivity contribution is -0.137. The van der Waals surface area contributed by atoms with Crippen molar-refractivity contribution in [3.63, 3.8) is 0 Å². The van der Waals surface area contributed by atoms with Crippen LogP contribution in [-0.2, 0) is 6.18 Å². The molecule has 0 aliphatic carbocycles. The molecule has 1 radical (unpaired) electrons. The van der Waals surface area contributed by atoms with Crippen molar-refractivity contribution in [3.05, 3.63) is 41.3 Å². The van der Waals surface area contributed by atoms with E-state index in [1.165, 1.54) is 12.1 Å². The zero-order valence-corrected chi connectivity index (χ0v) is 6.71. The Morgan fingerprint density at radius 2 is 1.83 bits per heavy atom. The predicted octanol–water partition coefficient (Wildman–Crippen LogP) is 3.54. The van der Waals surface area contributed by atoms with Crippen LogP contribution < -0.4 is 0 Å². The Hall–Kier alpha value is -0.700. The van der Waals surface area contributed by atoms with Gasteiger partial charge in [-0.3, -0.25) is 0 Å². The Morgan fingerprint density at radius 3 is 2.25 bits per heavy atom. The van der Waals surface area contributed by atoms with Crippen molar-refractivity contribution in [2.75, 3.05) is 0 Å². The first kappa shape index (κ1) is 9.39. The van der Waals surface area contributed by atoms with Crippen molar-refractivity contribution in [2.24, 2.45) is 0 Å². The minimum atomic E-state index is -4.37. The van der Waals surface area contributed by atoms with Crippen LogP contribution in [0.15, 0.2) is 18.2 Å². The quantitative estimate of drug-likeness (QED) is 0.591. The van der Waals surface area contributed by atoms with Gasteiger partial charge in [0.1, 0.15) is 0 Å². The molecular weight excluding hydrogens is 189 g/mol. The second kappa shape index (κ2) is 2.98. The van der Waals surface area contributed by atoms with E-state index in [1.807, 2.05) is 0 Å². The molecule has 0 aliphatic rings. The Labute approximate surface area is 73.0 Å². The van der Waals surface area contributed by atoms with Gasteiger partial charge in [0, 0.05) is 5.02 Å². The van der Waals surface area contributed by atoms with Crippen molar-refractivity contribution in [1.82, 2.24) is 0 Å². The third kappa shape index (κ3) is 1.72. The third-order valence-corrected chi connectivity index (χ3v) is 1.78. The van der Waals surface area contributed by atoms with Gasteiger partial charge < -0.3 is 0 Å². The lowest BCUT2D eigenvalue weighted by atomic mass is 10.1. The van der Waals surface area contributed by atoms with Crippen LogP contribution in [0.2, 0.25) is 5.02 Å². The van der Waals surface area contributed by atoms with Crippen molar-refractivity contribution in [2.45, 2.75) is 6.18 Å². The number of halogens is 4. The minimum Gasteiger partial charge on any atom is -0.166 e. The highest BCUT2D eigenvalue weighted by Gasteiger charge is 2.32. The summed E-state index contributed by atoms with van der Waals surface area (Å²) in [6.45, 7) is 3.23. The lowest BCUT2D eigenvalue weighted by Crippen LogP contribution is -2.07. The standard InChI is InChI=1S/C8H5ClF3/c1-5-6(8(10,11)12)3-2-4-7(5)9/h2-4H,1H2. The second-order valence-electron chi connectivity index (χ2n) is 2.26. The second-order valence-corrected chi connectivity index (χ2v) is 2.67. The Balaban J connectivity index is 3.26. The molecule has 0 spiro atoms. The molecule has 0 aliphatic heterocycles. The Morgan fingerprint density at radius 1 is 1.25 bits per heavy atom. The normalized spacial score (nSPS) is 11.8. The van der Waals surface area contributed by atoms with Crippen LogP contribution in [0.25, 0.3) is 0 Å². The van der Waals surface area contributed by atoms with Crippen LogP contribution in [0.3, 0.4) is 0 Å². The molecule has 0 unspecified atom stereocenters. The smallest absolute Gasteiger partial charge is 0.166 e. The topological polar surface area (TPSA) is 0 Å². The van der Waals surface area contributed by atoms with Crippen LogP contribution >= 0.6 is 11.6 Å². The first-order valence-corrected chi connectivity index (χ1v) is 3.48. The summed E-state index contributed by atoms with van der Waals surface area (Å²) in [5.74, 6) is 0. The molecule has 12 heavy (non-hydrogen) atoms. The maximum absolute atomic E-state index is 12.1. The van der Waals surface area contributed by atoms with E-state index in [0.29, 0.717) is 0 Å². The molecule has 0 saturated carbocycles. The van der Waals surface area contributed by atoms with Crippen molar-refractivity contribution in [3.8, 4) is 0 Å². The van der Waals surface area contributed by atoms with Crippen LogP contribution in [0, 0.1) is 6.92 Å². The number of hydrogen-bond donors (Lipinski definition) is 0. The van der Waals surface area contributed by atoms with Crippen LogP contribution in [0.1, 0.15) is 11.1 Å². The molecule has 1 rings (SSSR count). The molecule has 0 saturated heterocycles. The molecule has 0 bridgehead atoms. The monoisotopic (exact) mass is 193 g/mol. The number of benzene rings is 1. The van der Waals surface area contributed by atoms with Gasteiger partial charge in [0.25, 0.3) is 0 Å². The maximum atomic E-state index is 12.1. The number of rotatable bonds is 0. The first-order chi connectivity index (χ1) is 5.43. The van der Waals surface area contributed by atoms with Gasteiger partial charge in [0.05, 0.1) is 5.56 Å². The van der Waals surface area contributed by atoms with E-state index < -0.39 is 11.7 Å². The van der Waals surface area contributed by atoms with Crippen LogP contribution in [0.4, 0.5) is 13.2 Å². The SMILES string of the molecule is [CH2]c1c(Cl)cccc1C(F)(F)F. The van der Waals surface area contributed by atoms with Gasteiger partial charge in [-0.15, -0.1) is 0 Å². The zero-order chi connectivity index (χ0) is 9.35. The molecule has 0 aromatic heterocycles. The van der Waals surface area contributed by atoms with E-state index in [2.05, 4.69) is 6.92 Å². The van der Waals surface area contributed by atoms with E-state index in [4.69, 9.17) is 11.6 Å². The van der Waals surface area contributed by atoms with Gasteiger partial charge in [-0.1, -0.05) is 17.7 Å². The van der Waals surface area contributed by atoms with Gasteiger partial charge in [0.15, 0.2) is 0 Å². The highest BCUT2D eigenvalue weighted by atomic mass is 35.5. The fraction of sp³-hybridized carbons (Fsp3) is 0.125. The summed E-state index contributed by atoms with van der Waals surface area (Å²) in [5.41, 5.74) is -0.957. The largest absolute Gasteiger partial charge is 0.416 e. The molecule has 0 atom stereocenters. The minimum absolute atomic E-state index is 0.0322. The summed E-state index contributed by atoms with van der Waals surface area (Å²) < 4.78 is 36.4. The molecule has 0 nitrogen and oxygen atoms in total. The van der Waals surface area contributed by atoms with E-state index in [1.54, 1.807) is 0 Å². The van der Waals surface area contributed by atoms with E-state index in [-0.39, 0.29) is 10.6 Å². The average Bonchev–Trinajstić information content (AvgIpc) is 1.92. The summed E-state index contributed by atoms with van der Waals surface area (Å²) in [6.07, 6.45) is -4.37. The summed E-state index contributed by atoms with van der Waals surface area (Å²) >= 11 is 5.46. The number of alkyl halides is 3. The van der Waals surface area contributed by atoms with E-state index in [0.717, 1.165) is 6.07 Å². The van der Waals surface area contributed by atoms with E-state index in [9.17, 15) is 13.2 Å². The van der Waals surface area contributed by atoms with Gasteiger partial charge in [-0.25, -0.2) is 0 Å². The first-order valence-electron chi connectivity index (χ1n) is 3.10. The highest BCUT2D eigenvalue weighted by molar-refractivity contribution is 6.31. The maximum Gasteiger partial charge on any atom is 0.416 e. The number of hydrogen-bond acceptors (Lipinski definition) is 0. The molecule has 0 amide bonds. The van der Waals surface area contributed by atoms with Crippen LogP contribution in [-0.4, -0.2) is 0 Å². The summed E-state index contributed by atoms with van der Waals surface area (Å²) in [5, 5.41) is 0.0322. The van der Waals surface area contributed by atoms with Crippen molar-refractivity contribution in [1.29, 1.82) is 0 Å². The molecule has 65 valence electrons. The molecule has 0 fully saturated rings. The average molecular weight is 194 g/mol. The fourth-order valence-electron chi connectivity index (χ4n) is 0.824. The van der Waals surface area contributed by atoms with Gasteiger partial charge in [0.2, 0.25) is 0 Å². The molecule has 0 N–H and O–H groups in total. The van der Waals surface area contributed by atoms with E-state index >= 15 is 0 Å². The van der Waals surface area contributed by atoms with Gasteiger partial charge in [-0.05, 0) is 24.6 Å². The predicted molar refractivity (Wildman–Crippen MR) is 40.9 cm³/mol. The van der Waals surface area contributed by atoms with Crippen LogP contribution in [0.5, 0.6) is 0 Å². The summed E-state index contributed by atoms with van der Waals surface area (Å²) in [4.78, 5) is 0. The summed E-state index contributed by atoms with van der Waals surface area (Å²) in [6, 6.07) is 3.58. The molecular formula is C8H5ClF3. The molecule has 1 aromatic carbocycles. The van der Waals surface area contributed by atoms with Gasteiger partial charge in [-0.2, -0.15) is 13.2 Å². The molecule has 4 heteroatoms. The fourth-order valence-corrected chi connectivity index (χ4v) is 0.999. The zero-order valence-electron chi connectivity index (χ0n) is 5.95. The summed E-state index contributed by atoms with van der Waals surface area (Å²) in [7, 11) is 0. The molecule has 0 heterocycles. The Kier molecular flexibility index (Phi) is 2.33. The highest BCUT2D eigenvalue weighted by Crippen LogP contribution is 2.34. The van der Waals surface area contributed by atoms with Gasteiger partial charge >= 0.3 is 6.18 Å². The van der Waals surface area contributed by atoms with Crippen molar-refractivity contribution < 1.29 is 13.2 Å². The third-order valence-electron chi connectivity index (χ3n) is 1.42. The molecule has 1 aromatic rings. The van der Waals surface area contributed by atoms with Crippen molar-refractivity contribution >= 4 is 11.6 Å². The Bertz CT molecular complexity index is 291.